The van der Waals surface area contributed by atoms with Crippen LogP contribution in [0.4, 0.5) is 0 Å². The van der Waals surface area contributed by atoms with E-state index in [1.54, 1.807) is 0 Å². The second-order valence-corrected chi connectivity index (χ2v) is 4.73. The Morgan fingerprint density at radius 3 is 1.65 bits per heavy atom. The Kier molecular flexibility index (Phi) is 10.6. The van der Waals surface area contributed by atoms with E-state index in [4.69, 9.17) is 12.2 Å². The normalized spacial score (nSPS) is 9.82. The summed E-state index contributed by atoms with van der Waals surface area (Å²) in [6.07, 6.45) is 17.5. The average Bonchev–Trinajstić information content (AvgIpc) is 2.30. The fourth-order valence-corrected chi connectivity index (χ4v) is 1.82. The third kappa shape index (κ3) is 12.8. The molecule has 0 bridgehead atoms. The van der Waals surface area contributed by atoms with E-state index in [9.17, 15) is 0 Å². The van der Waals surface area contributed by atoms with Gasteiger partial charge in [-0.15, -0.1) is 6.42 Å². The van der Waals surface area contributed by atoms with Gasteiger partial charge in [0.1, 0.15) is 0 Å². The van der Waals surface area contributed by atoms with Gasteiger partial charge in [-0.25, -0.2) is 0 Å². The summed E-state index contributed by atoms with van der Waals surface area (Å²) >= 11 is 0. The molecule has 0 aromatic carbocycles. The van der Waals surface area contributed by atoms with Crippen LogP contribution >= 0.6 is 0 Å². The largest absolute Gasteiger partial charge is 0.403 e. The van der Waals surface area contributed by atoms with E-state index >= 15 is 0 Å². The van der Waals surface area contributed by atoms with Crippen LogP contribution in [0.15, 0.2) is 24.4 Å². The summed E-state index contributed by atoms with van der Waals surface area (Å²) in [4.78, 5) is 0. The second-order valence-electron chi connectivity index (χ2n) is 4.73. The molecule has 0 aliphatic heterocycles. The Bertz CT molecular complexity index is 257. The molecule has 17 heavy (non-hydrogen) atoms. The van der Waals surface area contributed by atoms with Crippen LogP contribution in [0.3, 0.4) is 0 Å². The molecule has 0 spiro atoms. The van der Waals surface area contributed by atoms with E-state index in [0.717, 1.165) is 24.1 Å². The van der Waals surface area contributed by atoms with Crippen molar-refractivity contribution in [2.45, 2.75) is 64.2 Å². The van der Waals surface area contributed by atoms with E-state index in [1.165, 1.54) is 51.4 Å². The SMILES string of the molecule is C#CC(=C)CCCCCCCCCCC(=C)N. The predicted molar refractivity (Wildman–Crippen MR) is 77.5 cm³/mol. The zero-order chi connectivity index (χ0) is 12.9. The van der Waals surface area contributed by atoms with Gasteiger partial charge < -0.3 is 5.73 Å². The van der Waals surface area contributed by atoms with Crippen LogP contribution in [0.25, 0.3) is 0 Å². The van der Waals surface area contributed by atoms with Crippen molar-refractivity contribution >= 4 is 0 Å². The van der Waals surface area contributed by atoms with Gasteiger partial charge in [0.2, 0.25) is 0 Å². The summed E-state index contributed by atoms with van der Waals surface area (Å²) in [7, 11) is 0. The topological polar surface area (TPSA) is 26.0 Å². The summed E-state index contributed by atoms with van der Waals surface area (Å²) in [6.45, 7) is 7.50. The van der Waals surface area contributed by atoms with Crippen molar-refractivity contribution in [3.63, 3.8) is 0 Å². The predicted octanol–water partition coefficient (Wildman–Crippen LogP) is 4.55. The van der Waals surface area contributed by atoms with Crippen LogP contribution in [0, 0.1) is 12.3 Å². The minimum absolute atomic E-state index is 0.818. The van der Waals surface area contributed by atoms with Gasteiger partial charge in [0.15, 0.2) is 0 Å². The smallest absolute Gasteiger partial charge is 0.000744 e. The average molecular weight is 233 g/mol. The van der Waals surface area contributed by atoms with Crippen molar-refractivity contribution in [3.05, 3.63) is 24.4 Å². The minimum atomic E-state index is 0.818. The molecule has 0 aromatic heterocycles. The molecule has 1 heteroatoms. The quantitative estimate of drug-likeness (QED) is 0.411. The molecule has 0 saturated heterocycles. The van der Waals surface area contributed by atoms with E-state index in [-0.39, 0.29) is 0 Å². The highest BCUT2D eigenvalue weighted by Crippen LogP contribution is 2.12. The summed E-state index contributed by atoms with van der Waals surface area (Å²) in [5, 5.41) is 0. The van der Waals surface area contributed by atoms with Crippen LogP contribution in [0.1, 0.15) is 64.2 Å². The van der Waals surface area contributed by atoms with Crippen molar-refractivity contribution in [2.75, 3.05) is 0 Å². The third-order valence-electron chi connectivity index (χ3n) is 2.93. The molecule has 0 fully saturated rings. The lowest BCUT2D eigenvalue weighted by atomic mass is 10.0. The molecular formula is C16H27N. The zero-order valence-corrected chi connectivity index (χ0v) is 11.1. The standard InChI is InChI=1S/C16H27N/c1-4-15(2)13-11-9-7-5-6-8-10-12-14-16(3)17/h1H,2-3,5-14,17H2. The highest BCUT2D eigenvalue weighted by molar-refractivity contribution is 5.20. The molecule has 0 aliphatic carbocycles. The Labute approximate surface area is 107 Å². The fraction of sp³-hybridized carbons (Fsp3) is 0.625. The molecule has 1 nitrogen and oxygen atoms in total. The number of unbranched alkanes of at least 4 members (excludes halogenated alkanes) is 7. The number of terminal acetylenes is 1. The van der Waals surface area contributed by atoms with Crippen molar-refractivity contribution in [1.29, 1.82) is 0 Å². The van der Waals surface area contributed by atoms with Gasteiger partial charge in [-0.1, -0.05) is 57.6 Å². The van der Waals surface area contributed by atoms with E-state index in [0.29, 0.717) is 0 Å². The lowest BCUT2D eigenvalue weighted by molar-refractivity contribution is 0.567. The minimum Gasteiger partial charge on any atom is -0.403 e. The van der Waals surface area contributed by atoms with Gasteiger partial charge in [-0.3, -0.25) is 0 Å². The monoisotopic (exact) mass is 233 g/mol. The first-order chi connectivity index (χ1) is 8.16. The van der Waals surface area contributed by atoms with Crippen LogP contribution in [-0.2, 0) is 0 Å². The lowest BCUT2D eigenvalue weighted by Gasteiger charge is -2.02. The molecule has 0 amide bonds. The molecule has 96 valence electrons. The van der Waals surface area contributed by atoms with Gasteiger partial charge in [0.05, 0.1) is 0 Å². The molecular weight excluding hydrogens is 206 g/mol. The summed E-state index contributed by atoms with van der Waals surface area (Å²) < 4.78 is 0. The first-order valence-electron chi connectivity index (χ1n) is 6.74. The third-order valence-corrected chi connectivity index (χ3v) is 2.93. The molecule has 0 heterocycles. The van der Waals surface area contributed by atoms with Crippen molar-refractivity contribution in [3.8, 4) is 12.3 Å². The van der Waals surface area contributed by atoms with E-state index in [2.05, 4.69) is 19.1 Å². The highest BCUT2D eigenvalue weighted by atomic mass is 14.5. The number of hydrogen-bond donors (Lipinski definition) is 1. The number of nitrogens with two attached hydrogens (primary N) is 1. The van der Waals surface area contributed by atoms with Gasteiger partial charge in [-0.05, 0) is 31.3 Å². The first-order valence-corrected chi connectivity index (χ1v) is 6.74. The molecule has 0 unspecified atom stereocenters. The second kappa shape index (κ2) is 11.3. The Morgan fingerprint density at radius 2 is 1.24 bits per heavy atom. The van der Waals surface area contributed by atoms with E-state index < -0.39 is 0 Å². The van der Waals surface area contributed by atoms with Crippen LogP contribution in [0.5, 0.6) is 0 Å². The number of hydrogen-bond acceptors (Lipinski definition) is 1. The molecule has 0 radical (unpaired) electrons. The Hall–Kier alpha value is -1.16. The number of allylic oxidation sites excluding steroid dienone is 2. The highest BCUT2D eigenvalue weighted by Gasteiger charge is 1.94. The van der Waals surface area contributed by atoms with Gasteiger partial charge in [0, 0.05) is 5.70 Å². The molecule has 0 aromatic rings. The number of rotatable bonds is 11. The molecule has 0 saturated carbocycles. The summed E-state index contributed by atoms with van der Waals surface area (Å²) in [5.41, 5.74) is 7.26. The zero-order valence-electron chi connectivity index (χ0n) is 11.1. The lowest BCUT2D eigenvalue weighted by Crippen LogP contribution is -1.93. The Morgan fingerprint density at radius 1 is 0.824 bits per heavy atom. The molecule has 2 N–H and O–H groups in total. The van der Waals surface area contributed by atoms with Gasteiger partial charge in [-0.2, -0.15) is 0 Å². The van der Waals surface area contributed by atoms with Gasteiger partial charge in [0.25, 0.3) is 0 Å². The molecule has 0 rings (SSSR count). The first kappa shape index (κ1) is 15.8. The van der Waals surface area contributed by atoms with Crippen LogP contribution in [0.2, 0.25) is 0 Å². The summed E-state index contributed by atoms with van der Waals surface area (Å²) in [5.74, 6) is 2.59. The Balaban J connectivity index is 3.07. The van der Waals surface area contributed by atoms with Crippen molar-refractivity contribution in [1.82, 2.24) is 0 Å². The molecule has 0 atom stereocenters. The van der Waals surface area contributed by atoms with Crippen molar-refractivity contribution < 1.29 is 0 Å². The van der Waals surface area contributed by atoms with Crippen LogP contribution in [-0.4, -0.2) is 0 Å². The fourth-order valence-electron chi connectivity index (χ4n) is 1.82. The molecule has 0 aliphatic rings. The van der Waals surface area contributed by atoms with E-state index in [1.807, 2.05) is 0 Å². The maximum absolute atomic E-state index is 5.51. The van der Waals surface area contributed by atoms with Gasteiger partial charge >= 0.3 is 0 Å². The summed E-state index contributed by atoms with van der Waals surface area (Å²) in [6, 6.07) is 0. The van der Waals surface area contributed by atoms with Crippen molar-refractivity contribution in [2.24, 2.45) is 5.73 Å². The maximum atomic E-state index is 5.51. The van der Waals surface area contributed by atoms with Crippen LogP contribution < -0.4 is 5.73 Å². The maximum Gasteiger partial charge on any atom is 0.000744 e.